The Bertz CT molecular complexity index is 401. The maximum absolute atomic E-state index is 11.4. The molecular formula is C10H17N5OS. The number of rotatable bonds is 6. The number of nitrogens with two attached hydrogens (primary N) is 1. The standard InChI is InChI=1S/C10H17N5OS/c1-2-5-12-8(16)6-17-10-14-13-9(15(10)11)7-3-4-7/h7H,2-6,11H2,1H3,(H,12,16). The van der Waals surface area contributed by atoms with Crippen molar-refractivity contribution in [3.8, 4) is 0 Å². The number of hydrogen-bond donors (Lipinski definition) is 2. The molecule has 0 saturated heterocycles. The summed E-state index contributed by atoms with van der Waals surface area (Å²) in [6.07, 6.45) is 3.21. The third-order valence-corrected chi connectivity index (χ3v) is 3.48. The van der Waals surface area contributed by atoms with E-state index in [1.165, 1.54) is 16.4 Å². The summed E-state index contributed by atoms with van der Waals surface area (Å²) < 4.78 is 1.51. The minimum atomic E-state index is 0.00724. The quantitative estimate of drug-likeness (QED) is 0.570. The molecule has 17 heavy (non-hydrogen) atoms. The van der Waals surface area contributed by atoms with Gasteiger partial charge in [-0.05, 0) is 19.3 Å². The highest BCUT2D eigenvalue weighted by Crippen LogP contribution is 2.39. The molecule has 1 amide bonds. The predicted octanol–water partition coefficient (Wildman–Crippen LogP) is 0.488. The van der Waals surface area contributed by atoms with Crippen LogP contribution < -0.4 is 11.2 Å². The van der Waals surface area contributed by atoms with Crippen LogP contribution in [0.1, 0.15) is 37.9 Å². The molecule has 0 unspecified atom stereocenters. The molecule has 0 atom stereocenters. The fourth-order valence-corrected chi connectivity index (χ4v) is 2.15. The van der Waals surface area contributed by atoms with Gasteiger partial charge in [0.25, 0.3) is 0 Å². The lowest BCUT2D eigenvalue weighted by atomic mass is 10.4. The highest BCUT2D eigenvalue weighted by molar-refractivity contribution is 7.99. The van der Waals surface area contributed by atoms with E-state index in [1.54, 1.807) is 0 Å². The molecule has 1 aliphatic carbocycles. The molecule has 7 heteroatoms. The molecule has 0 bridgehead atoms. The minimum absolute atomic E-state index is 0.00724. The van der Waals surface area contributed by atoms with Crippen molar-refractivity contribution in [2.45, 2.75) is 37.3 Å². The van der Waals surface area contributed by atoms with E-state index in [9.17, 15) is 4.79 Å². The molecule has 1 saturated carbocycles. The first-order chi connectivity index (χ1) is 8.22. The van der Waals surface area contributed by atoms with Gasteiger partial charge in [-0.25, -0.2) is 4.68 Å². The lowest BCUT2D eigenvalue weighted by molar-refractivity contribution is -0.118. The van der Waals surface area contributed by atoms with Crippen LogP contribution in [0, 0.1) is 0 Å². The monoisotopic (exact) mass is 255 g/mol. The first-order valence-corrected chi connectivity index (χ1v) is 6.80. The number of hydrogen-bond acceptors (Lipinski definition) is 5. The number of carbonyl (C=O) groups is 1. The number of nitrogens with one attached hydrogen (secondary N) is 1. The van der Waals surface area contributed by atoms with Gasteiger partial charge in [0.1, 0.15) is 0 Å². The molecule has 1 aromatic rings. The lowest BCUT2D eigenvalue weighted by Gasteiger charge is -2.03. The van der Waals surface area contributed by atoms with Crippen molar-refractivity contribution in [3.63, 3.8) is 0 Å². The van der Waals surface area contributed by atoms with Gasteiger partial charge in [-0.15, -0.1) is 10.2 Å². The van der Waals surface area contributed by atoms with E-state index in [1.807, 2.05) is 6.92 Å². The van der Waals surface area contributed by atoms with E-state index in [4.69, 9.17) is 5.84 Å². The second kappa shape index (κ2) is 5.39. The van der Waals surface area contributed by atoms with Gasteiger partial charge >= 0.3 is 0 Å². The van der Waals surface area contributed by atoms with Crippen molar-refractivity contribution < 1.29 is 4.79 Å². The smallest absolute Gasteiger partial charge is 0.230 e. The molecule has 0 aliphatic heterocycles. The topological polar surface area (TPSA) is 85.8 Å². The summed E-state index contributed by atoms with van der Waals surface area (Å²) in [7, 11) is 0. The van der Waals surface area contributed by atoms with E-state index in [-0.39, 0.29) is 5.91 Å². The first kappa shape index (κ1) is 12.2. The number of thioether (sulfide) groups is 1. The molecule has 1 aromatic heterocycles. The normalized spacial score (nSPS) is 14.9. The first-order valence-electron chi connectivity index (χ1n) is 5.82. The Kier molecular flexibility index (Phi) is 3.88. The van der Waals surface area contributed by atoms with Crippen molar-refractivity contribution in [2.24, 2.45) is 0 Å². The molecule has 0 radical (unpaired) electrons. The second-order valence-corrected chi connectivity index (χ2v) is 5.07. The number of nitrogens with zero attached hydrogens (tertiary/aromatic N) is 3. The van der Waals surface area contributed by atoms with Gasteiger partial charge in [0, 0.05) is 12.5 Å². The summed E-state index contributed by atoms with van der Waals surface area (Å²) in [5.74, 6) is 7.51. The molecule has 3 N–H and O–H groups in total. The molecule has 0 spiro atoms. The Morgan fingerprint density at radius 2 is 2.35 bits per heavy atom. The van der Waals surface area contributed by atoms with Gasteiger partial charge in [-0.1, -0.05) is 18.7 Å². The molecule has 6 nitrogen and oxygen atoms in total. The van der Waals surface area contributed by atoms with Crippen molar-refractivity contribution >= 4 is 17.7 Å². The zero-order valence-electron chi connectivity index (χ0n) is 9.85. The Labute approximate surface area is 104 Å². The maximum Gasteiger partial charge on any atom is 0.230 e. The zero-order valence-corrected chi connectivity index (χ0v) is 10.7. The number of amides is 1. The van der Waals surface area contributed by atoms with Crippen LogP contribution >= 0.6 is 11.8 Å². The van der Waals surface area contributed by atoms with Gasteiger partial charge in [-0.3, -0.25) is 4.79 Å². The maximum atomic E-state index is 11.4. The van der Waals surface area contributed by atoms with Gasteiger partial charge < -0.3 is 11.2 Å². The number of aromatic nitrogens is 3. The molecular weight excluding hydrogens is 238 g/mol. The molecule has 94 valence electrons. The number of carbonyl (C=O) groups excluding carboxylic acids is 1. The Morgan fingerprint density at radius 1 is 1.59 bits per heavy atom. The summed E-state index contributed by atoms with van der Waals surface area (Å²) in [5, 5.41) is 11.5. The summed E-state index contributed by atoms with van der Waals surface area (Å²) >= 11 is 1.32. The third-order valence-electron chi connectivity index (χ3n) is 2.54. The van der Waals surface area contributed by atoms with Crippen LogP contribution in [-0.2, 0) is 4.79 Å². The fraction of sp³-hybridized carbons (Fsp3) is 0.700. The van der Waals surface area contributed by atoms with E-state index in [0.717, 1.165) is 25.1 Å². The minimum Gasteiger partial charge on any atom is -0.355 e. The van der Waals surface area contributed by atoms with Crippen molar-refractivity contribution in [1.82, 2.24) is 20.2 Å². The summed E-state index contributed by atoms with van der Waals surface area (Å²) in [6.45, 7) is 2.73. The van der Waals surface area contributed by atoms with E-state index < -0.39 is 0 Å². The zero-order chi connectivity index (χ0) is 12.3. The average molecular weight is 255 g/mol. The van der Waals surface area contributed by atoms with Crippen molar-refractivity contribution in [1.29, 1.82) is 0 Å². The van der Waals surface area contributed by atoms with Crippen LogP contribution in [0.25, 0.3) is 0 Å². The molecule has 1 aliphatic rings. The average Bonchev–Trinajstić information content (AvgIpc) is 3.09. The van der Waals surface area contributed by atoms with Gasteiger partial charge in [-0.2, -0.15) is 0 Å². The Balaban J connectivity index is 1.84. The molecule has 0 aromatic carbocycles. The molecule has 1 heterocycles. The Morgan fingerprint density at radius 3 is 3.00 bits per heavy atom. The van der Waals surface area contributed by atoms with Crippen LogP contribution in [0.2, 0.25) is 0 Å². The Hall–Kier alpha value is -1.24. The van der Waals surface area contributed by atoms with Crippen LogP contribution in [0.3, 0.4) is 0 Å². The van der Waals surface area contributed by atoms with E-state index in [2.05, 4.69) is 15.5 Å². The van der Waals surface area contributed by atoms with Crippen molar-refractivity contribution in [2.75, 3.05) is 18.1 Å². The SMILES string of the molecule is CCCNC(=O)CSc1nnc(C2CC2)n1N. The molecule has 1 fully saturated rings. The fourth-order valence-electron chi connectivity index (χ4n) is 1.45. The second-order valence-electron chi connectivity index (χ2n) is 4.12. The number of nitrogen functional groups attached to an aromatic ring is 1. The van der Waals surface area contributed by atoms with Crippen LogP contribution in [0.15, 0.2) is 5.16 Å². The van der Waals surface area contributed by atoms with Gasteiger partial charge in [0.2, 0.25) is 11.1 Å². The van der Waals surface area contributed by atoms with Gasteiger partial charge in [0.05, 0.1) is 5.75 Å². The molecule has 2 rings (SSSR count). The third kappa shape index (κ3) is 3.12. The van der Waals surface area contributed by atoms with Crippen LogP contribution in [0.5, 0.6) is 0 Å². The van der Waals surface area contributed by atoms with E-state index >= 15 is 0 Å². The van der Waals surface area contributed by atoms with E-state index in [0.29, 0.717) is 23.4 Å². The summed E-state index contributed by atoms with van der Waals surface area (Å²) in [4.78, 5) is 11.4. The highest BCUT2D eigenvalue weighted by atomic mass is 32.2. The van der Waals surface area contributed by atoms with Crippen LogP contribution in [0.4, 0.5) is 0 Å². The highest BCUT2D eigenvalue weighted by Gasteiger charge is 2.29. The summed E-state index contributed by atoms with van der Waals surface area (Å²) in [6, 6.07) is 0. The van der Waals surface area contributed by atoms with Crippen LogP contribution in [-0.4, -0.2) is 33.1 Å². The summed E-state index contributed by atoms with van der Waals surface area (Å²) in [5.41, 5.74) is 0. The predicted molar refractivity (Wildman–Crippen MR) is 66.2 cm³/mol. The van der Waals surface area contributed by atoms with Crippen molar-refractivity contribution in [3.05, 3.63) is 5.82 Å². The largest absolute Gasteiger partial charge is 0.355 e. The lowest BCUT2D eigenvalue weighted by Crippen LogP contribution is -2.26. The van der Waals surface area contributed by atoms with Gasteiger partial charge in [0.15, 0.2) is 5.82 Å².